The molecular formula is C14H25N3O3. The van der Waals surface area contributed by atoms with E-state index in [0.29, 0.717) is 32.8 Å². The van der Waals surface area contributed by atoms with E-state index >= 15 is 0 Å². The molecule has 0 spiro atoms. The number of rotatable bonds is 3. The average Bonchev–Trinajstić information content (AvgIpc) is 2.97. The molecule has 2 heterocycles. The SMILES string of the molecule is CCOC(=O)N1CCN(C(=O)C2(CC)CCCN2)CC1. The lowest BCUT2D eigenvalue weighted by Gasteiger charge is -2.39. The second-order valence-corrected chi connectivity index (χ2v) is 5.44. The highest BCUT2D eigenvalue weighted by Gasteiger charge is 2.42. The molecule has 0 aromatic carbocycles. The van der Waals surface area contributed by atoms with Crippen molar-refractivity contribution in [2.24, 2.45) is 0 Å². The maximum absolute atomic E-state index is 12.7. The Bertz CT molecular complexity index is 359. The van der Waals surface area contributed by atoms with Gasteiger partial charge < -0.3 is 19.9 Å². The van der Waals surface area contributed by atoms with Crippen LogP contribution < -0.4 is 5.32 Å². The van der Waals surface area contributed by atoms with Crippen LogP contribution >= 0.6 is 0 Å². The highest BCUT2D eigenvalue weighted by molar-refractivity contribution is 5.87. The van der Waals surface area contributed by atoms with Crippen molar-refractivity contribution in [1.29, 1.82) is 0 Å². The van der Waals surface area contributed by atoms with Gasteiger partial charge in [-0.05, 0) is 32.7 Å². The topological polar surface area (TPSA) is 61.9 Å². The Balaban J connectivity index is 1.90. The molecule has 6 heteroatoms. The monoisotopic (exact) mass is 283 g/mol. The molecule has 2 fully saturated rings. The number of amides is 2. The maximum atomic E-state index is 12.7. The number of nitrogens with zero attached hydrogens (tertiary/aromatic N) is 2. The van der Waals surface area contributed by atoms with Crippen molar-refractivity contribution >= 4 is 12.0 Å². The van der Waals surface area contributed by atoms with Gasteiger partial charge in [0.1, 0.15) is 0 Å². The van der Waals surface area contributed by atoms with Crippen LogP contribution in [0.15, 0.2) is 0 Å². The predicted molar refractivity (Wildman–Crippen MR) is 75.4 cm³/mol. The molecule has 0 saturated carbocycles. The lowest BCUT2D eigenvalue weighted by molar-refractivity contribution is -0.139. The Morgan fingerprint density at radius 1 is 1.15 bits per heavy atom. The summed E-state index contributed by atoms with van der Waals surface area (Å²) in [7, 11) is 0. The highest BCUT2D eigenvalue weighted by Crippen LogP contribution is 2.26. The number of carbonyl (C=O) groups is 2. The normalized spacial score (nSPS) is 26.7. The van der Waals surface area contributed by atoms with Crippen molar-refractivity contribution in [3.63, 3.8) is 0 Å². The molecule has 1 unspecified atom stereocenters. The van der Waals surface area contributed by atoms with E-state index < -0.39 is 0 Å². The first-order valence-corrected chi connectivity index (χ1v) is 7.59. The summed E-state index contributed by atoms with van der Waals surface area (Å²) >= 11 is 0. The summed E-state index contributed by atoms with van der Waals surface area (Å²) < 4.78 is 4.99. The summed E-state index contributed by atoms with van der Waals surface area (Å²) in [6.45, 7) is 7.49. The molecule has 0 bridgehead atoms. The van der Waals surface area contributed by atoms with Gasteiger partial charge in [-0.25, -0.2) is 4.79 Å². The van der Waals surface area contributed by atoms with Crippen LogP contribution in [0.1, 0.15) is 33.1 Å². The van der Waals surface area contributed by atoms with Gasteiger partial charge in [0.25, 0.3) is 0 Å². The number of hydrogen-bond acceptors (Lipinski definition) is 4. The smallest absolute Gasteiger partial charge is 0.409 e. The highest BCUT2D eigenvalue weighted by atomic mass is 16.6. The third-order valence-electron chi connectivity index (χ3n) is 4.35. The van der Waals surface area contributed by atoms with Gasteiger partial charge in [0.15, 0.2) is 0 Å². The Kier molecular flexibility index (Phi) is 4.86. The summed E-state index contributed by atoms with van der Waals surface area (Å²) in [6, 6.07) is 0. The van der Waals surface area contributed by atoms with Crippen LogP contribution in [0.3, 0.4) is 0 Å². The molecule has 2 amide bonds. The summed E-state index contributed by atoms with van der Waals surface area (Å²) in [6.07, 6.45) is 2.52. The van der Waals surface area contributed by atoms with E-state index in [-0.39, 0.29) is 17.5 Å². The van der Waals surface area contributed by atoms with Gasteiger partial charge >= 0.3 is 6.09 Å². The molecule has 114 valence electrons. The number of piperazine rings is 1. The van der Waals surface area contributed by atoms with E-state index in [1.165, 1.54) is 0 Å². The Morgan fingerprint density at radius 3 is 2.30 bits per heavy atom. The molecule has 2 aliphatic heterocycles. The van der Waals surface area contributed by atoms with Gasteiger partial charge in [0, 0.05) is 26.2 Å². The molecule has 0 aliphatic carbocycles. The zero-order chi connectivity index (χ0) is 14.6. The van der Waals surface area contributed by atoms with Crippen molar-refractivity contribution in [2.45, 2.75) is 38.6 Å². The minimum absolute atomic E-state index is 0.195. The van der Waals surface area contributed by atoms with Crippen LogP contribution in [0.5, 0.6) is 0 Å². The fourth-order valence-corrected chi connectivity index (χ4v) is 3.05. The first-order chi connectivity index (χ1) is 9.63. The standard InChI is InChI=1S/C14H25N3O3/c1-3-14(6-5-7-15-14)12(18)16-8-10-17(11-9-16)13(19)20-4-2/h15H,3-11H2,1-2H3. The van der Waals surface area contributed by atoms with E-state index in [0.717, 1.165) is 25.8 Å². The number of carbonyl (C=O) groups excluding carboxylic acids is 2. The van der Waals surface area contributed by atoms with Gasteiger partial charge in [0.2, 0.25) is 5.91 Å². The summed E-state index contributed by atoms with van der Waals surface area (Å²) in [5.41, 5.74) is -0.369. The maximum Gasteiger partial charge on any atom is 0.409 e. The Morgan fingerprint density at radius 2 is 1.80 bits per heavy atom. The van der Waals surface area contributed by atoms with E-state index in [1.54, 1.807) is 11.8 Å². The zero-order valence-corrected chi connectivity index (χ0v) is 12.5. The van der Waals surface area contributed by atoms with Crippen molar-refractivity contribution in [1.82, 2.24) is 15.1 Å². The fourth-order valence-electron chi connectivity index (χ4n) is 3.05. The number of nitrogens with one attached hydrogen (secondary N) is 1. The van der Waals surface area contributed by atoms with Crippen LogP contribution in [-0.4, -0.2) is 66.7 Å². The van der Waals surface area contributed by atoms with Crippen LogP contribution in [0, 0.1) is 0 Å². The molecule has 20 heavy (non-hydrogen) atoms. The molecule has 1 N–H and O–H groups in total. The second-order valence-electron chi connectivity index (χ2n) is 5.44. The second kappa shape index (κ2) is 6.43. The molecule has 2 aliphatic rings. The van der Waals surface area contributed by atoms with Crippen molar-refractivity contribution in [2.75, 3.05) is 39.3 Å². The van der Waals surface area contributed by atoms with E-state index in [1.807, 2.05) is 4.90 Å². The quantitative estimate of drug-likeness (QED) is 0.833. The third kappa shape index (κ3) is 2.90. The van der Waals surface area contributed by atoms with Gasteiger partial charge in [-0.15, -0.1) is 0 Å². The molecule has 0 aromatic heterocycles. The van der Waals surface area contributed by atoms with Gasteiger partial charge in [-0.3, -0.25) is 4.79 Å². The molecule has 2 saturated heterocycles. The molecule has 2 rings (SSSR count). The lowest BCUT2D eigenvalue weighted by atomic mass is 9.92. The fraction of sp³-hybridized carbons (Fsp3) is 0.857. The van der Waals surface area contributed by atoms with E-state index in [2.05, 4.69) is 12.2 Å². The minimum Gasteiger partial charge on any atom is -0.450 e. The van der Waals surface area contributed by atoms with Gasteiger partial charge in [-0.2, -0.15) is 0 Å². The molecule has 6 nitrogen and oxygen atoms in total. The van der Waals surface area contributed by atoms with Gasteiger partial charge in [-0.1, -0.05) is 6.92 Å². The Labute approximate surface area is 120 Å². The zero-order valence-electron chi connectivity index (χ0n) is 12.5. The van der Waals surface area contributed by atoms with E-state index in [4.69, 9.17) is 4.74 Å². The summed E-state index contributed by atoms with van der Waals surface area (Å²) in [5.74, 6) is 0.195. The third-order valence-corrected chi connectivity index (χ3v) is 4.35. The van der Waals surface area contributed by atoms with Crippen LogP contribution in [0.4, 0.5) is 4.79 Å². The van der Waals surface area contributed by atoms with Crippen molar-refractivity contribution in [3.05, 3.63) is 0 Å². The van der Waals surface area contributed by atoms with Crippen molar-refractivity contribution < 1.29 is 14.3 Å². The van der Waals surface area contributed by atoms with Crippen LogP contribution in [0.25, 0.3) is 0 Å². The summed E-state index contributed by atoms with van der Waals surface area (Å²) in [4.78, 5) is 27.9. The molecular weight excluding hydrogens is 258 g/mol. The lowest BCUT2D eigenvalue weighted by Crippen LogP contribution is -2.59. The molecule has 1 atom stereocenters. The first-order valence-electron chi connectivity index (χ1n) is 7.59. The van der Waals surface area contributed by atoms with Crippen LogP contribution in [0.2, 0.25) is 0 Å². The molecule has 0 aromatic rings. The molecule has 0 radical (unpaired) electrons. The van der Waals surface area contributed by atoms with E-state index in [9.17, 15) is 9.59 Å². The Hall–Kier alpha value is -1.30. The number of ether oxygens (including phenoxy) is 1. The van der Waals surface area contributed by atoms with Gasteiger partial charge in [0.05, 0.1) is 12.1 Å². The predicted octanol–water partition coefficient (Wildman–Crippen LogP) is 0.819. The number of hydrogen-bond donors (Lipinski definition) is 1. The van der Waals surface area contributed by atoms with Crippen LogP contribution in [-0.2, 0) is 9.53 Å². The summed E-state index contributed by atoms with van der Waals surface area (Å²) in [5, 5.41) is 3.37. The largest absolute Gasteiger partial charge is 0.450 e. The minimum atomic E-state index is -0.369. The average molecular weight is 283 g/mol. The first kappa shape index (κ1) is 15.1. The van der Waals surface area contributed by atoms with Crippen molar-refractivity contribution in [3.8, 4) is 0 Å².